The number of hydrogen-bond donors (Lipinski definition) is 2. The topological polar surface area (TPSA) is 72.5 Å². The molecule has 2 N–H and O–H groups in total. The van der Waals surface area contributed by atoms with Crippen molar-refractivity contribution >= 4 is 35.1 Å². The first kappa shape index (κ1) is 15.6. The van der Waals surface area contributed by atoms with Crippen LogP contribution < -0.4 is 4.90 Å². The summed E-state index contributed by atoms with van der Waals surface area (Å²) in [5.74, 6) is 0.865. The molecule has 2 aliphatic rings. The lowest BCUT2D eigenvalue weighted by Gasteiger charge is -2.36. The summed E-state index contributed by atoms with van der Waals surface area (Å²) in [7, 11) is 0. The number of phenolic OH excluding ortho intramolecular Hbond substituents is 1. The smallest absolute Gasteiger partial charge is 0.242 e. The molecule has 24 heavy (non-hydrogen) atoms. The van der Waals surface area contributed by atoms with E-state index in [-0.39, 0.29) is 23.6 Å². The van der Waals surface area contributed by atoms with Crippen LogP contribution in [0, 0.1) is 0 Å². The molecule has 1 aromatic heterocycles. The quantitative estimate of drug-likeness (QED) is 0.856. The number of phenols is 1. The van der Waals surface area contributed by atoms with Crippen molar-refractivity contribution in [3.63, 3.8) is 0 Å². The van der Waals surface area contributed by atoms with E-state index < -0.39 is 0 Å². The van der Waals surface area contributed by atoms with Gasteiger partial charge in [0.15, 0.2) is 0 Å². The zero-order valence-electron chi connectivity index (χ0n) is 12.7. The normalized spacial score (nSPS) is 23.7. The van der Waals surface area contributed by atoms with Gasteiger partial charge in [-0.1, -0.05) is 23.2 Å². The number of benzene rings is 1. The fourth-order valence-electron chi connectivity index (χ4n) is 3.71. The van der Waals surface area contributed by atoms with Crippen LogP contribution in [0.1, 0.15) is 17.9 Å². The molecule has 0 bridgehead atoms. The van der Waals surface area contributed by atoms with E-state index in [4.69, 9.17) is 23.2 Å². The fraction of sp³-hybridized carbons (Fsp3) is 0.375. The van der Waals surface area contributed by atoms with E-state index in [9.17, 15) is 9.90 Å². The Morgan fingerprint density at radius 1 is 1.29 bits per heavy atom. The number of aromatic nitrogens is 2. The van der Waals surface area contributed by atoms with Crippen molar-refractivity contribution in [2.75, 3.05) is 24.5 Å². The molecule has 2 atom stereocenters. The average molecular weight is 367 g/mol. The lowest BCUT2D eigenvalue weighted by Crippen LogP contribution is -2.54. The largest absolute Gasteiger partial charge is 0.508 e. The van der Waals surface area contributed by atoms with Gasteiger partial charge in [0.2, 0.25) is 11.9 Å². The Balaban J connectivity index is 1.60. The van der Waals surface area contributed by atoms with E-state index in [2.05, 4.69) is 9.97 Å². The van der Waals surface area contributed by atoms with Crippen LogP contribution in [-0.2, 0) is 4.79 Å². The summed E-state index contributed by atoms with van der Waals surface area (Å²) in [6.07, 6.45) is 4.15. The molecule has 2 fully saturated rings. The number of halogens is 2. The zero-order valence-corrected chi connectivity index (χ0v) is 14.3. The molecule has 126 valence electrons. The highest BCUT2D eigenvalue weighted by Crippen LogP contribution is 2.43. The number of carbonyl (C=O) groups is 1. The number of carbonyl (C=O) groups excluding carboxylic acids is 1. The molecule has 0 saturated carbocycles. The van der Waals surface area contributed by atoms with Gasteiger partial charge in [0.25, 0.3) is 0 Å². The second kappa shape index (κ2) is 5.86. The average Bonchev–Trinajstić information content (AvgIpc) is 3.20. The van der Waals surface area contributed by atoms with Crippen molar-refractivity contribution in [3.05, 3.63) is 40.1 Å². The van der Waals surface area contributed by atoms with E-state index >= 15 is 0 Å². The fourth-order valence-corrected chi connectivity index (χ4v) is 4.19. The third-order valence-electron chi connectivity index (χ3n) is 4.79. The molecule has 0 radical (unpaired) electrons. The van der Waals surface area contributed by atoms with Crippen LogP contribution in [0.25, 0.3) is 0 Å². The third kappa shape index (κ3) is 2.50. The van der Waals surface area contributed by atoms with Crippen LogP contribution in [0.15, 0.2) is 24.5 Å². The van der Waals surface area contributed by atoms with Gasteiger partial charge in [-0.15, -0.1) is 0 Å². The minimum atomic E-state index is -0.0262. The Labute approximate surface area is 149 Å². The highest BCUT2D eigenvalue weighted by molar-refractivity contribution is 6.42. The maximum Gasteiger partial charge on any atom is 0.242 e. The van der Waals surface area contributed by atoms with Gasteiger partial charge < -0.3 is 19.9 Å². The number of rotatable bonds is 2. The number of fused-ring (bicyclic) bond motifs is 1. The number of anilines is 1. The van der Waals surface area contributed by atoms with Gasteiger partial charge in [-0.05, 0) is 18.6 Å². The molecule has 2 aromatic rings. The number of aromatic amines is 1. The van der Waals surface area contributed by atoms with Gasteiger partial charge in [-0.2, -0.15) is 0 Å². The van der Waals surface area contributed by atoms with Gasteiger partial charge in [0.1, 0.15) is 5.75 Å². The van der Waals surface area contributed by atoms with Crippen LogP contribution in [0.2, 0.25) is 10.0 Å². The van der Waals surface area contributed by atoms with Crippen molar-refractivity contribution in [2.24, 2.45) is 0 Å². The number of nitrogens with zero attached hydrogens (tertiary/aromatic N) is 3. The van der Waals surface area contributed by atoms with Crippen LogP contribution in [0.3, 0.4) is 0 Å². The van der Waals surface area contributed by atoms with Crippen LogP contribution >= 0.6 is 23.2 Å². The summed E-state index contributed by atoms with van der Waals surface area (Å²) in [6, 6.07) is 3.20. The highest BCUT2D eigenvalue weighted by atomic mass is 35.5. The molecule has 3 heterocycles. The van der Waals surface area contributed by atoms with Gasteiger partial charge in [-0.3, -0.25) is 4.79 Å². The third-order valence-corrected chi connectivity index (χ3v) is 5.61. The number of amides is 1. The Bertz CT molecular complexity index is 781. The molecule has 0 unspecified atom stereocenters. The van der Waals surface area contributed by atoms with Crippen molar-refractivity contribution < 1.29 is 9.90 Å². The standard InChI is InChI=1S/C16H16Cl2N4O2/c17-11-1-2-12(23)14(15(11)18)9-5-10-7-21(16-19-3-4-20-16)8-13(24)22(10)6-9/h1-4,9-10,23H,5-8H2,(H,19,20)/t9-,10-/m0/s1. The maximum atomic E-state index is 12.5. The monoisotopic (exact) mass is 366 g/mol. The first-order valence-electron chi connectivity index (χ1n) is 7.75. The van der Waals surface area contributed by atoms with E-state index in [1.54, 1.807) is 24.5 Å². The summed E-state index contributed by atoms with van der Waals surface area (Å²) in [5, 5.41) is 11.0. The zero-order chi connectivity index (χ0) is 16.8. The second-order valence-corrected chi connectivity index (χ2v) is 7.01. The van der Waals surface area contributed by atoms with E-state index in [0.717, 1.165) is 6.42 Å². The molecule has 0 spiro atoms. The Hall–Kier alpha value is -1.92. The number of H-pyrrole nitrogens is 1. The molecule has 6 nitrogen and oxygen atoms in total. The first-order chi connectivity index (χ1) is 11.5. The van der Waals surface area contributed by atoms with Crippen LogP contribution in [-0.4, -0.2) is 51.6 Å². The molecular formula is C16H16Cl2N4O2. The van der Waals surface area contributed by atoms with Gasteiger partial charge in [0.05, 0.1) is 22.6 Å². The molecule has 2 saturated heterocycles. The number of aromatic hydroxyl groups is 1. The number of hydrogen-bond acceptors (Lipinski definition) is 4. The summed E-state index contributed by atoms with van der Waals surface area (Å²) >= 11 is 12.4. The lowest BCUT2D eigenvalue weighted by molar-refractivity contribution is -0.132. The molecule has 1 amide bonds. The second-order valence-electron chi connectivity index (χ2n) is 6.22. The maximum absolute atomic E-state index is 12.5. The predicted molar refractivity (Wildman–Crippen MR) is 91.8 cm³/mol. The Kier molecular flexibility index (Phi) is 3.81. The van der Waals surface area contributed by atoms with Crippen molar-refractivity contribution in [1.29, 1.82) is 0 Å². The molecule has 4 rings (SSSR count). The number of piperazine rings is 1. The number of nitrogens with one attached hydrogen (secondary N) is 1. The molecule has 0 aliphatic carbocycles. The summed E-state index contributed by atoms with van der Waals surface area (Å²) < 4.78 is 0. The Morgan fingerprint density at radius 2 is 2.12 bits per heavy atom. The van der Waals surface area contributed by atoms with Crippen molar-refractivity contribution in [3.8, 4) is 5.75 Å². The van der Waals surface area contributed by atoms with Crippen molar-refractivity contribution in [2.45, 2.75) is 18.4 Å². The number of imidazole rings is 1. The van der Waals surface area contributed by atoms with E-state index in [0.29, 0.717) is 41.2 Å². The van der Waals surface area contributed by atoms with E-state index in [1.165, 1.54) is 0 Å². The van der Waals surface area contributed by atoms with Gasteiger partial charge in [-0.25, -0.2) is 4.98 Å². The molecule has 2 aliphatic heterocycles. The Morgan fingerprint density at radius 3 is 2.88 bits per heavy atom. The van der Waals surface area contributed by atoms with E-state index in [1.807, 2.05) is 9.80 Å². The summed E-state index contributed by atoms with van der Waals surface area (Å²) in [5.41, 5.74) is 0.635. The van der Waals surface area contributed by atoms with Crippen molar-refractivity contribution in [1.82, 2.24) is 14.9 Å². The first-order valence-corrected chi connectivity index (χ1v) is 8.51. The minimum absolute atomic E-state index is 0.0262. The summed E-state index contributed by atoms with van der Waals surface area (Å²) in [4.78, 5) is 23.6. The highest BCUT2D eigenvalue weighted by Gasteiger charge is 2.42. The van der Waals surface area contributed by atoms with Gasteiger partial charge in [0, 0.05) is 37.0 Å². The molecule has 8 heteroatoms. The predicted octanol–water partition coefficient (Wildman–Crippen LogP) is 2.63. The van der Waals surface area contributed by atoms with Gasteiger partial charge >= 0.3 is 0 Å². The molecule has 1 aromatic carbocycles. The lowest BCUT2D eigenvalue weighted by atomic mass is 9.95. The van der Waals surface area contributed by atoms with Crippen LogP contribution in [0.4, 0.5) is 5.95 Å². The summed E-state index contributed by atoms with van der Waals surface area (Å²) in [6.45, 7) is 1.55. The van der Waals surface area contributed by atoms with Crippen LogP contribution in [0.5, 0.6) is 5.75 Å². The molecular weight excluding hydrogens is 351 g/mol. The SMILES string of the molecule is O=C1CN(c2ncc[nH]2)C[C@@H]2C[C@H](c3c(O)ccc(Cl)c3Cl)CN12. The minimum Gasteiger partial charge on any atom is -0.508 e.